The number of carbonyl (C=O) groups excluding carboxylic acids is 3. The molecule has 0 radical (unpaired) electrons. The number of carbonyl (C=O) groups is 3. The first-order valence-corrected chi connectivity index (χ1v) is 16.5. The Morgan fingerprint density at radius 1 is 0.957 bits per heavy atom. The van der Waals surface area contributed by atoms with Crippen LogP contribution in [0, 0.1) is 13.8 Å². The van der Waals surface area contributed by atoms with Gasteiger partial charge in [-0.2, -0.15) is 0 Å². The number of pyridine rings is 1. The summed E-state index contributed by atoms with van der Waals surface area (Å²) in [6.07, 6.45) is 1.57. The molecule has 4 aromatic rings. The molecule has 2 aliphatic rings. The molecule has 3 heterocycles. The summed E-state index contributed by atoms with van der Waals surface area (Å²) < 4.78 is 26.6. The van der Waals surface area contributed by atoms with Crippen molar-refractivity contribution in [1.29, 1.82) is 0 Å². The van der Waals surface area contributed by atoms with Crippen LogP contribution in [0.5, 0.6) is 0 Å². The first-order chi connectivity index (χ1) is 21.7. The van der Waals surface area contributed by atoms with E-state index in [9.17, 15) is 27.6 Å². The van der Waals surface area contributed by atoms with E-state index in [-0.39, 0.29) is 36.0 Å². The van der Waals surface area contributed by atoms with Crippen molar-refractivity contribution in [3.05, 3.63) is 99.0 Å². The van der Waals surface area contributed by atoms with Gasteiger partial charge in [-0.05, 0) is 97.3 Å². The minimum Gasteiger partial charge on any atom is -0.370 e. The molecule has 0 saturated carbocycles. The summed E-state index contributed by atoms with van der Waals surface area (Å²) in [4.78, 5) is 56.4. The molecule has 2 aliphatic heterocycles. The highest BCUT2D eigenvalue weighted by molar-refractivity contribution is 7.92. The fourth-order valence-corrected chi connectivity index (χ4v) is 6.90. The van der Waals surface area contributed by atoms with E-state index in [1.807, 2.05) is 26.0 Å². The van der Waals surface area contributed by atoms with Gasteiger partial charge in [-0.15, -0.1) is 0 Å². The molecule has 4 N–H and O–H groups in total. The number of hydrogen-bond acceptors (Lipinski definition) is 7. The molecule has 240 valence electrons. The SMILES string of the molecule is CC(=O)N1CC(=O)Nc2ccc(S(=O)(=O)C(C)C)c(c2)CNC(=O)C(Nc2ccc3cc[nH]c(=O)c3c2)c2cc(C)c(c(C)c2)C1. The van der Waals surface area contributed by atoms with Crippen LogP contribution in [0.2, 0.25) is 0 Å². The Bertz CT molecular complexity index is 2010. The maximum Gasteiger partial charge on any atom is 0.255 e. The Morgan fingerprint density at radius 2 is 1.67 bits per heavy atom. The van der Waals surface area contributed by atoms with Crippen molar-refractivity contribution in [3.8, 4) is 0 Å². The second-order valence-electron chi connectivity index (χ2n) is 11.9. The second-order valence-corrected chi connectivity index (χ2v) is 14.3. The third kappa shape index (κ3) is 6.66. The van der Waals surface area contributed by atoms with E-state index in [2.05, 4.69) is 20.9 Å². The average Bonchev–Trinajstić information content (AvgIpc) is 2.99. The van der Waals surface area contributed by atoms with Gasteiger partial charge in [0.05, 0.1) is 10.1 Å². The van der Waals surface area contributed by atoms with Gasteiger partial charge in [0.1, 0.15) is 12.6 Å². The van der Waals surface area contributed by atoms with Crippen LogP contribution in [0.1, 0.15) is 54.6 Å². The van der Waals surface area contributed by atoms with Crippen molar-refractivity contribution in [2.24, 2.45) is 0 Å². The summed E-state index contributed by atoms with van der Waals surface area (Å²) in [5.74, 6) is -1.17. The molecule has 0 spiro atoms. The topological polar surface area (TPSA) is 158 Å². The van der Waals surface area contributed by atoms with Crippen LogP contribution in [0.15, 0.2) is 70.5 Å². The van der Waals surface area contributed by atoms with Gasteiger partial charge in [0.25, 0.3) is 5.56 Å². The number of amides is 3. The lowest BCUT2D eigenvalue weighted by Gasteiger charge is -2.26. The summed E-state index contributed by atoms with van der Waals surface area (Å²) in [5, 5.41) is 9.43. The second kappa shape index (κ2) is 12.8. The van der Waals surface area contributed by atoms with Crippen LogP contribution in [-0.4, -0.2) is 47.8 Å². The Morgan fingerprint density at radius 3 is 2.35 bits per heavy atom. The first-order valence-electron chi connectivity index (χ1n) is 14.9. The zero-order valence-electron chi connectivity index (χ0n) is 26.4. The fourth-order valence-electron chi connectivity index (χ4n) is 5.64. The third-order valence-electron chi connectivity index (χ3n) is 8.25. The predicted molar refractivity (Wildman–Crippen MR) is 177 cm³/mol. The number of anilines is 2. The maximum absolute atomic E-state index is 14.0. The minimum atomic E-state index is -3.75. The van der Waals surface area contributed by atoms with Crippen molar-refractivity contribution >= 4 is 49.7 Å². The van der Waals surface area contributed by atoms with Crippen molar-refractivity contribution < 1.29 is 22.8 Å². The highest BCUT2D eigenvalue weighted by atomic mass is 32.2. The zero-order chi connectivity index (χ0) is 33.3. The lowest BCUT2D eigenvalue weighted by molar-refractivity contribution is -0.133. The number of rotatable bonds is 4. The average molecular weight is 644 g/mol. The van der Waals surface area contributed by atoms with Gasteiger partial charge in [0.15, 0.2) is 9.84 Å². The number of aryl methyl sites for hydroxylation is 2. The van der Waals surface area contributed by atoms with Crippen molar-refractivity contribution in [3.63, 3.8) is 0 Å². The van der Waals surface area contributed by atoms with E-state index in [1.54, 1.807) is 44.3 Å². The Hall–Kier alpha value is -4.97. The number of aromatic nitrogens is 1. The van der Waals surface area contributed by atoms with Crippen molar-refractivity contribution in [2.45, 2.75) is 63.9 Å². The molecule has 4 bridgehead atoms. The number of hydrogen-bond donors (Lipinski definition) is 4. The van der Waals surface area contributed by atoms with E-state index >= 15 is 0 Å². The van der Waals surface area contributed by atoms with Crippen molar-refractivity contribution in [2.75, 3.05) is 17.2 Å². The van der Waals surface area contributed by atoms with E-state index < -0.39 is 32.9 Å². The Kier molecular flexibility index (Phi) is 9.02. The molecule has 12 heteroatoms. The molecule has 46 heavy (non-hydrogen) atoms. The molecule has 0 saturated heterocycles. The van der Waals surface area contributed by atoms with Gasteiger partial charge >= 0.3 is 0 Å². The van der Waals surface area contributed by atoms with E-state index in [4.69, 9.17) is 0 Å². The Labute approximate surface area is 267 Å². The van der Waals surface area contributed by atoms with Crippen LogP contribution < -0.4 is 21.5 Å². The summed E-state index contributed by atoms with van der Waals surface area (Å²) in [6, 6.07) is 14.3. The summed E-state index contributed by atoms with van der Waals surface area (Å²) in [5.41, 5.74) is 4.02. The normalized spacial score (nSPS) is 16.0. The molecule has 3 amide bonds. The number of fused-ring (bicyclic) bond motifs is 10. The molecule has 1 unspecified atom stereocenters. The van der Waals surface area contributed by atoms with Crippen molar-refractivity contribution in [1.82, 2.24) is 15.2 Å². The smallest absolute Gasteiger partial charge is 0.255 e. The molecular formula is C34H37N5O6S. The summed E-state index contributed by atoms with van der Waals surface area (Å²) >= 11 is 0. The van der Waals surface area contributed by atoms with Crippen LogP contribution in [0.25, 0.3) is 10.8 Å². The summed E-state index contributed by atoms with van der Waals surface area (Å²) in [7, 11) is -3.75. The zero-order valence-corrected chi connectivity index (χ0v) is 27.2. The number of aromatic amines is 1. The van der Waals surface area contributed by atoms with E-state index in [0.29, 0.717) is 27.9 Å². The number of nitrogens with zero attached hydrogens (tertiary/aromatic N) is 1. The van der Waals surface area contributed by atoms with Crippen LogP contribution in [-0.2, 0) is 37.3 Å². The molecular weight excluding hydrogens is 606 g/mol. The standard InChI is InChI=1S/C34H37N5O6S/c1-19(2)46(44,45)30-9-8-26-14-25(30)16-36-34(43)32(38-27-7-6-23-10-11-35-33(42)28(23)15-27)24-12-20(3)29(21(4)13-24)17-39(22(5)40)18-31(41)37-26/h6-15,19,32,38H,16-18H2,1-5H3,(H,35,42)(H,36,43)(H,37,41). The Balaban J connectivity index is 1.63. The van der Waals surface area contributed by atoms with Gasteiger partial charge in [0, 0.05) is 43.0 Å². The molecule has 6 rings (SSSR count). The number of sulfone groups is 1. The highest BCUT2D eigenvalue weighted by Crippen LogP contribution is 2.29. The molecule has 1 aromatic heterocycles. The lowest BCUT2D eigenvalue weighted by atomic mass is 9.94. The predicted octanol–water partition coefficient (Wildman–Crippen LogP) is 4.10. The van der Waals surface area contributed by atoms with E-state index in [1.165, 1.54) is 30.0 Å². The number of nitrogens with one attached hydrogen (secondary N) is 4. The first kappa shape index (κ1) is 32.4. The highest BCUT2D eigenvalue weighted by Gasteiger charge is 2.27. The lowest BCUT2D eigenvalue weighted by Crippen LogP contribution is -2.37. The van der Waals surface area contributed by atoms with Gasteiger partial charge in [-0.3, -0.25) is 19.2 Å². The number of H-pyrrole nitrogens is 1. The van der Waals surface area contributed by atoms with Crippen LogP contribution in [0.4, 0.5) is 11.4 Å². The fraction of sp³-hybridized carbons (Fsp3) is 0.294. The van der Waals surface area contributed by atoms with Crippen LogP contribution in [0.3, 0.4) is 0 Å². The molecule has 3 aromatic carbocycles. The molecule has 0 aliphatic carbocycles. The molecule has 1 atom stereocenters. The largest absolute Gasteiger partial charge is 0.370 e. The quantitative estimate of drug-likeness (QED) is 0.261. The molecule has 11 nitrogen and oxygen atoms in total. The minimum absolute atomic E-state index is 0.0431. The van der Waals surface area contributed by atoms with Gasteiger partial charge in [-0.1, -0.05) is 18.2 Å². The monoisotopic (exact) mass is 643 g/mol. The third-order valence-corrected chi connectivity index (χ3v) is 10.5. The van der Waals surface area contributed by atoms with Gasteiger partial charge < -0.3 is 25.8 Å². The summed E-state index contributed by atoms with van der Waals surface area (Å²) in [6.45, 7) is 8.13. The maximum atomic E-state index is 14.0. The van der Waals surface area contributed by atoms with E-state index in [0.717, 1.165) is 22.1 Å². The van der Waals surface area contributed by atoms with Crippen LogP contribution >= 0.6 is 0 Å². The number of benzene rings is 3. The molecule has 0 fully saturated rings. The van der Waals surface area contributed by atoms with Gasteiger partial charge in [0.2, 0.25) is 17.7 Å². The van der Waals surface area contributed by atoms with Gasteiger partial charge in [-0.25, -0.2) is 8.42 Å².